The third kappa shape index (κ3) is 2.75. The lowest BCUT2D eigenvalue weighted by molar-refractivity contribution is 0.354. The van der Waals surface area contributed by atoms with E-state index in [2.05, 4.69) is 20.8 Å². The van der Waals surface area contributed by atoms with Crippen molar-refractivity contribution in [2.45, 2.75) is 13.0 Å². The van der Waals surface area contributed by atoms with Gasteiger partial charge in [-0.05, 0) is 35.0 Å². The van der Waals surface area contributed by atoms with Crippen LogP contribution in [0.15, 0.2) is 18.2 Å². The Balaban J connectivity index is 2.19. The van der Waals surface area contributed by atoms with E-state index < -0.39 is 0 Å². The summed E-state index contributed by atoms with van der Waals surface area (Å²) in [4.78, 5) is 0. The molecule has 1 N–H and O–H groups in total. The quantitative estimate of drug-likeness (QED) is 0.879. The van der Waals surface area contributed by atoms with Crippen LogP contribution in [0.5, 0.6) is 11.5 Å². The maximum Gasteiger partial charge on any atom is 0.243 e. The van der Waals surface area contributed by atoms with Crippen molar-refractivity contribution in [2.75, 3.05) is 19.5 Å². The van der Waals surface area contributed by atoms with Crippen molar-refractivity contribution in [3.05, 3.63) is 23.8 Å². The smallest absolute Gasteiger partial charge is 0.243 e. The number of aryl methyl sites for hydroxylation is 1. The summed E-state index contributed by atoms with van der Waals surface area (Å²) < 4.78 is 12.1. The Morgan fingerprint density at radius 1 is 1.21 bits per heavy atom. The van der Waals surface area contributed by atoms with Gasteiger partial charge in [0.25, 0.3) is 0 Å². The van der Waals surface area contributed by atoms with Crippen molar-refractivity contribution in [3.63, 3.8) is 0 Å². The largest absolute Gasteiger partial charge is 0.493 e. The topological polar surface area (TPSA) is 74.1 Å². The van der Waals surface area contributed by atoms with Gasteiger partial charge in [0.1, 0.15) is 0 Å². The Morgan fingerprint density at radius 3 is 2.53 bits per heavy atom. The van der Waals surface area contributed by atoms with E-state index in [0.29, 0.717) is 17.4 Å². The minimum Gasteiger partial charge on any atom is -0.493 e. The van der Waals surface area contributed by atoms with E-state index in [-0.39, 0.29) is 6.04 Å². The van der Waals surface area contributed by atoms with Crippen LogP contribution in [0, 0.1) is 0 Å². The minimum absolute atomic E-state index is 0.0458. The molecule has 7 heteroatoms. The molecule has 102 valence electrons. The van der Waals surface area contributed by atoms with Gasteiger partial charge in [0.2, 0.25) is 5.95 Å². The number of anilines is 1. The highest BCUT2D eigenvalue weighted by Gasteiger charge is 2.12. The highest BCUT2D eigenvalue weighted by atomic mass is 16.5. The molecule has 0 aliphatic rings. The predicted molar refractivity (Wildman–Crippen MR) is 70.4 cm³/mol. The first-order chi connectivity index (χ1) is 9.15. The molecule has 1 atom stereocenters. The standard InChI is InChI=1S/C12H17N5O2/c1-8(13-12-14-15-16-17(12)2)9-5-6-10(18-3)11(7-9)19-4/h5-8H,1-4H3,(H,13,14,16). The first-order valence-electron chi connectivity index (χ1n) is 5.86. The monoisotopic (exact) mass is 263 g/mol. The van der Waals surface area contributed by atoms with Gasteiger partial charge in [-0.25, -0.2) is 4.68 Å². The van der Waals surface area contributed by atoms with Crippen molar-refractivity contribution in [1.82, 2.24) is 20.2 Å². The molecule has 0 saturated heterocycles. The van der Waals surface area contributed by atoms with Gasteiger partial charge < -0.3 is 14.8 Å². The van der Waals surface area contributed by atoms with E-state index in [1.807, 2.05) is 25.1 Å². The summed E-state index contributed by atoms with van der Waals surface area (Å²) in [5.41, 5.74) is 1.06. The average Bonchev–Trinajstić information content (AvgIpc) is 2.83. The molecule has 0 aliphatic heterocycles. The fourth-order valence-corrected chi connectivity index (χ4v) is 1.75. The second-order valence-electron chi connectivity index (χ2n) is 4.11. The van der Waals surface area contributed by atoms with Crippen LogP contribution in [-0.2, 0) is 7.05 Å². The summed E-state index contributed by atoms with van der Waals surface area (Å²) >= 11 is 0. The Bertz CT molecular complexity index is 555. The van der Waals surface area contributed by atoms with Gasteiger partial charge in [-0.2, -0.15) is 0 Å². The molecule has 19 heavy (non-hydrogen) atoms. The van der Waals surface area contributed by atoms with Gasteiger partial charge in [-0.3, -0.25) is 0 Å². The van der Waals surface area contributed by atoms with E-state index >= 15 is 0 Å². The summed E-state index contributed by atoms with van der Waals surface area (Å²) in [5.74, 6) is 2.02. The Hall–Kier alpha value is -2.31. The fourth-order valence-electron chi connectivity index (χ4n) is 1.75. The first kappa shape index (κ1) is 13.1. The molecule has 7 nitrogen and oxygen atoms in total. The molecule has 1 unspecified atom stereocenters. The van der Waals surface area contributed by atoms with E-state index in [9.17, 15) is 0 Å². The summed E-state index contributed by atoms with van der Waals surface area (Å²) in [6.07, 6.45) is 0. The molecule has 0 spiro atoms. The van der Waals surface area contributed by atoms with Crippen LogP contribution in [0.25, 0.3) is 0 Å². The number of methoxy groups -OCH3 is 2. The number of aromatic nitrogens is 4. The molecular weight excluding hydrogens is 246 g/mol. The molecule has 1 heterocycles. The average molecular weight is 263 g/mol. The molecule has 0 aliphatic carbocycles. The van der Waals surface area contributed by atoms with Crippen molar-refractivity contribution >= 4 is 5.95 Å². The maximum absolute atomic E-state index is 5.29. The predicted octanol–water partition coefficient (Wildman–Crippen LogP) is 1.40. The van der Waals surface area contributed by atoms with Crippen molar-refractivity contribution < 1.29 is 9.47 Å². The minimum atomic E-state index is 0.0458. The van der Waals surface area contributed by atoms with Crippen LogP contribution in [0.3, 0.4) is 0 Å². The lowest BCUT2D eigenvalue weighted by Gasteiger charge is -2.16. The zero-order chi connectivity index (χ0) is 13.8. The van der Waals surface area contributed by atoms with Crippen LogP contribution < -0.4 is 14.8 Å². The van der Waals surface area contributed by atoms with Gasteiger partial charge >= 0.3 is 0 Å². The highest BCUT2D eigenvalue weighted by Crippen LogP contribution is 2.30. The SMILES string of the molecule is COc1ccc(C(C)Nc2nnnn2C)cc1OC. The van der Waals surface area contributed by atoms with Gasteiger partial charge in [0.15, 0.2) is 11.5 Å². The number of hydrogen-bond donors (Lipinski definition) is 1. The molecular formula is C12H17N5O2. The van der Waals surface area contributed by atoms with Gasteiger partial charge in [-0.1, -0.05) is 11.2 Å². The van der Waals surface area contributed by atoms with Gasteiger partial charge in [-0.15, -0.1) is 0 Å². The zero-order valence-electron chi connectivity index (χ0n) is 11.4. The van der Waals surface area contributed by atoms with E-state index in [0.717, 1.165) is 5.56 Å². The summed E-state index contributed by atoms with van der Waals surface area (Å²) in [6.45, 7) is 2.02. The van der Waals surface area contributed by atoms with E-state index in [1.54, 1.807) is 25.9 Å². The van der Waals surface area contributed by atoms with Gasteiger partial charge in [0, 0.05) is 7.05 Å². The third-order valence-corrected chi connectivity index (χ3v) is 2.87. The molecule has 0 radical (unpaired) electrons. The number of ether oxygens (including phenoxy) is 2. The van der Waals surface area contributed by atoms with Crippen LogP contribution in [0.1, 0.15) is 18.5 Å². The molecule has 2 aromatic rings. The molecule has 1 aromatic carbocycles. The fraction of sp³-hybridized carbons (Fsp3) is 0.417. The summed E-state index contributed by atoms with van der Waals surface area (Å²) in [7, 11) is 5.01. The first-order valence-corrected chi connectivity index (χ1v) is 5.86. The van der Waals surface area contributed by atoms with Crippen molar-refractivity contribution in [3.8, 4) is 11.5 Å². The Morgan fingerprint density at radius 2 is 1.95 bits per heavy atom. The lowest BCUT2D eigenvalue weighted by atomic mass is 10.1. The van der Waals surface area contributed by atoms with E-state index in [4.69, 9.17) is 9.47 Å². The third-order valence-electron chi connectivity index (χ3n) is 2.87. The number of nitrogens with zero attached hydrogens (tertiary/aromatic N) is 4. The second kappa shape index (κ2) is 5.55. The molecule has 0 fully saturated rings. The second-order valence-corrected chi connectivity index (χ2v) is 4.11. The number of rotatable bonds is 5. The summed E-state index contributed by atoms with van der Waals surface area (Å²) in [6, 6.07) is 5.83. The molecule has 1 aromatic heterocycles. The number of nitrogens with one attached hydrogen (secondary N) is 1. The van der Waals surface area contributed by atoms with Crippen molar-refractivity contribution in [1.29, 1.82) is 0 Å². The molecule has 0 saturated carbocycles. The molecule has 0 amide bonds. The normalized spacial score (nSPS) is 12.0. The maximum atomic E-state index is 5.29. The number of hydrogen-bond acceptors (Lipinski definition) is 6. The van der Waals surface area contributed by atoms with E-state index in [1.165, 1.54) is 0 Å². The van der Waals surface area contributed by atoms with Crippen molar-refractivity contribution in [2.24, 2.45) is 7.05 Å². The van der Waals surface area contributed by atoms with Crippen LogP contribution >= 0.6 is 0 Å². The highest BCUT2D eigenvalue weighted by molar-refractivity contribution is 5.45. The van der Waals surface area contributed by atoms with Gasteiger partial charge in [0.05, 0.1) is 20.3 Å². The molecule has 2 rings (SSSR count). The van der Waals surface area contributed by atoms with Crippen LogP contribution in [-0.4, -0.2) is 34.4 Å². The Kier molecular flexibility index (Phi) is 3.84. The number of tetrazole rings is 1. The van der Waals surface area contributed by atoms with Crippen LogP contribution in [0.4, 0.5) is 5.95 Å². The lowest BCUT2D eigenvalue weighted by Crippen LogP contribution is -2.11. The number of benzene rings is 1. The summed E-state index contributed by atoms with van der Waals surface area (Å²) in [5, 5.41) is 14.5. The Labute approximate surface area is 111 Å². The zero-order valence-corrected chi connectivity index (χ0v) is 11.4. The molecule has 0 bridgehead atoms. The van der Waals surface area contributed by atoms with Crippen LogP contribution in [0.2, 0.25) is 0 Å².